The Kier molecular flexibility index (Phi) is 6.83. The third-order valence-corrected chi connectivity index (χ3v) is 7.49. The van der Waals surface area contributed by atoms with E-state index in [9.17, 15) is 4.79 Å². The van der Waals surface area contributed by atoms with E-state index in [2.05, 4.69) is 36.6 Å². The standard InChI is InChI=1S/C23H28NO4SSi/c1-13(25)24-17-9-7-14-11-18(26-2)22(27-3)23(28-4)21(14)15-8-10-20(30(5)6)19(29)12-16(15)17/h8,10-12,17H,7,9H2,1-6H3,(H,24,25). The third-order valence-electron chi connectivity index (χ3n) is 5.45. The summed E-state index contributed by atoms with van der Waals surface area (Å²) in [5.74, 6) is 1.76. The Labute approximate surface area is 185 Å². The maximum Gasteiger partial charge on any atom is 0.217 e. The van der Waals surface area contributed by atoms with Crippen molar-refractivity contribution in [2.24, 2.45) is 0 Å². The van der Waals surface area contributed by atoms with Crippen molar-refractivity contribution < 1.29 is 19.0 Å². The molecule has 2 aromatic carbocycles. The quantitative estimate of drug-likeness (QED) is 0.556. The summed E-state index contributed by atoms with van der Waals surface area (Å²) in [5, 5.41) is 4.32. The van der Waals surface area contributed by atoms with E-state index in [4.69, 9.17) is 26.4 Å². The molecule has 159 valence electrons. The van der Waals surface area contributed by atoms with Gasteiger partial charge in [-0.3, -0.25) is 4.79 Å². The lowest BCUT2D eigenvalue weighted by Crippen LogP contribution is -2.26. The number of carbonyl (C=O) groups is 1. The summed E-state index contributed by atoms with van der Waals surface area (Å²) in [6.45, 7) is 6.01. The van der Waals surface area contributed by atoms with Crippen LogP contribution in [0.3, 0.4) is 0 Å². The van der Waals surface area contributed by atoms with Gasteiger partial charge in [-0.05, 0) is 46.9 Å². The Morgan fingerprint density at radius 1 is 1.10 bits per heavy atom. The first kappa shape index (κ1) is 22.3. The molecule has 0 spiro atoms. The van der Waals surface area contributed by atoms with Gasteiger partial charge in [0.15, 0.2) is 11.5 Å². The second-order valence-corrected chi connectivity index (χ2v) is 10.6. The Hall–Kier alpha value is -2.38. The van der Waals surface area contributed by atoms with E-state index in [0.717, 1.165) is 39.6 Å². The number of benzene rings is 1. The zero-order chi connectivity index (χ0) is 22.0. The van der Waals surface area contributed by atoms with Crippen molar-refractivity contribution in [1.82, 2.24) is 5.32 Å². The molecule has 2 aromatic rings. The number of hydrogen-bond acceptors (Lipinski definition) is 5. The SMILES string of the molecule is COc1cc2c(c(OC)c1OC)-c1ccc([Si](C)C)c(=S)cc1C(NC(C)=O)CC2. The smallest absolute Gasteiger partial charge is 0.217 e. The van der Waals surface area contributed by atoms with Crippen LogP contribution in [0.1, 0.15) is 30.5 Å². The minimum absolute atomic E-state index is 0.0626. The van der Waals surface area contributed by atoms with Crippen molar-refractivity contribution in [2.75, 3.05) is 21.3 Å². The first-order chi connectivity index (χ1) is 14.3. The molecule has 0 aromatic heterocycles. The molecule has 0 saturated carbocycles. The van der Waals surface area contributed by atoms with Gasteiger partial charge < -0.3 is 19.5 Å². The Morgan fingerprint density at radius 3 is 2.37 bits per heavy atom. The molecule has 1 radical (unpaired) electrons. The van der Waals surface area contributed by atoms with Gasteiger partial charge in [-0.15, -0.1) is 0 Å². The van der Waals surface area contributed by atoms with Crippen molar-refractivity contribution in [1.29, 1.82) is 0 Å². The van der Waals surface area contributed by atoms with Crippen molar-refractivity contribution in [3.63, 3.8) is 0 Å². The summed E-state index contributed by atoms with van der Waals surface area (Å²) in [6.07, 6.45) is 1.51. The molecule has 5 nitrogen and oxygen atoms in total. The number of hydrogen-bond donors (Lipinski definition) is 1. The van der Waals surface area contributed by atoms with Crippen molar-refractivity contribution >= 4 is 32.1 Å². The summed E-state index contributed by atoms with van der Waals surface area (Å²) in [4.78, 5) is 12.0. The predicted molar refractivity (Wildman–Crippen MR) is 124 cm³/mol. The number of fused-ring (bicyclic) bond motifs is 3. The average Bonchev–Trinajstić information content (AvgIpc) is 2.95. The highest BCUT2D eigenvalue weighted by atomic mass is 32.1. The van der Waals surface area contributed by atoms with Crippen LogP contribution in [0.4, 0.5) is 0 Å². The number of nitrogens with one attached hydrogen (secondary N) is 1. The van der Waals surface area contributed by atoms with Crippen LogP contribution in [0.2, 0.25) is 13.1 Å². The summed E-state index contributed by atoms with van der Waals surface area (Å²) >= 11 is 5.78. The topological polar surface area (TPSA) is 56.8 Å². The third kappa shape index (κ3) is 4.09. The van der Waals surface area contributed by atoms with Crippen LogP contribution >= 0.6 is 12.2 Å². The summed E-state index contributed by atoms with van der Waals surface area (Å²) in [7, 11) is 4.12. The highest BCUT2D eigenvalue weighted by molar-refractivity contribution is 7.71. The maximum atomic E-state index is 12.0. The molecule has 7 heteroatoms. The largest absolute Gasteiger partial charge is 0.493 e. The number of rotatable bonds is 5. The maximum absolute atomic E-state index is 12.0. The fourth-order valence-electron chi connectivity index (χ4n) is 4.12. The summed E-state index contributed by atoms with van der Waals surface area (Å²) < 4.78 is 17.9. The molecule has 1 atom stereocenters. The van der Waals surface area contributed by atoms with E-state index in [1.807, 2.05) is 6.07 Å². The first-order valence-corrected chi connectivity index (χ1v) is 12.8. The van der Waals surface area contributed by atoms with Gasteiger partial charge >= 0.3 is 0 Å². The van der Waals surface area contributed by atoms with Gasteiger partial charge in [0.25, 0.3) is 0 Å². The fraction of sp³-hybridized carbons (Fsp3) is 0.391. The molecule has 1 amide bonds. The monoisotopic (exact) mass is 442 g/mol. The molecule has 30 heavy (non-hydrogen) atoms. The van der Waals surface area contributed by atoms with Crippen LogP contribution in [0, 0.1) is 4.51 Å². The van der Waals surface area contributed by atoms with E-state index < -0.39 is 8.80 Å². The van der Waals surface area contributed by atoms with Crippen molar-refractivity contribution in [2.45, 2.75) is 38.9 Å². The second kappa shape index (κ2) is 9.18. The molecule has 3 rings (SSSR count). The molecular formula is C23H28NO4SSi. The van der Waals surface area contributed by atoms with Crippen LogP contribution in [-0.4, -0.2) is 36.0 Å². The Morgan fingerprint density at radius 2 is 1.80 bits per heavy atom. The molecule has 0 bridgehead atoms. The molecular weight excluding hydrogens is 414 g/mol. The molecule has 1 unspecified atom stereocenters. The van der Waals surface area contributed by atoms with Gasteiger partial charge in [-0.1, -0.05) is 37.4 Å². The molecule has 1 aliphatic rings. The van der Waals surface area contributed by atoms with Crippen LogP contribution < -0.4 is 24.7 Å². The molecule has 0 fully saturated rings. The van der Waals surface area contributed by atoms with Gasteiger partial charge in [0.2, 0.25) is 11.7 Å². The number of ether oxygens (including phenoxy) is 3. The minimum atomic E-state index is -0.746. The number of carbonyl (C=O) groups excluding carboxylic acids is 1. The molecule has 0 aliphatic heterocycles. The van der Waals surface area contributed by atoms with Crippen LogP contribution in [-0.2, 0) is 11.2 Å². The zero-order valence-electron chi connectivity index (χ0n) is 18.3. The minimum Gasteiger partial charge on any atom is -0.493 e. The average molecular weight is 443 g/mol. The van der Waals surface area contributed by atoms with Gasteiger partial charge in [0, 0.05) is 17.0 Å². The number of amides is 1. The first-order valence-electron chi connectivity index (χ1n) is 9.90. The molecule has 1 aliphatic carbocycles. The number of aryl methyl sites for hydroxylation is 1. The highest BCUT2D eigenvalue weighted by Gasteiger charge is 2.29. The van der Waals surface area contributed by atoms with E-state index in [1.165, 1.54) is 5.19 Å². The van der Waals surface area contributed by atoms with E-state index in [-0.39, 0.29) is 11.9 Å². The predicted octanol–water partition coefficient (Wildman–Crippen LogP) is 4.19. The Balaban J connectivity index is 2.43. The van der Waals surface area contributed by atoms with Crippen molar-refractivity contribution in [3.05, 3.63) is 39.9 Å². The normalized spacial score (nSPS) is 15.0. The van der Waals surface area contributed by atoms with Gasteiger partial charge in [-0.25, -0.2) is 0 Å². The van der Waals surface area contributed by atoms with Gasteiger partial charge in [0.1, 0.15) is 0 Å². The van der Waals surface area contributed by atoms with Gasteiger partial charge in [-0.2, -0.15) is 0 Å². The summed E-state index contributed by atoms with van der Waals surface area (Å²) in [5.41, 5.74) is 4.07. The van der Waals surface area contributed by atoms with E-state index in [1.54, 1.807) is 28.3 Å². The number of methoxy groups -OCH3 is 3. The molecule has 0 saturated heterocycles. The molecule has 0 heterocycles. The second-order valence-electron chi connectivity index (χ2n) is 7.60. The lowest BCUT2D eigenvalue weighted by molar-refractivity contribution is -0.119. The van der Waals surface area contributed by atoms with E-state index >= 15 is 0 Å². The fourth-order valence-corrected chi connectivity index (χ4v) is 5.91. The van der Waals surface area contributed by atoms with Crippen LogP contribution in [0.15, 0.2) is 24.3 Å². The van der Waals surface area contributed by atoms with Crippen LogP contribution in [0.25, 0.3) is 11.1 Å². The van der Waals surface area contributed by atoms with Crippen LogP contribution in [0.5, 0.6) is 17.2 Å². The zero-order valence-corrected chi connectivity index (χ0v) is 20.2. The van der Waals surface area contributed by atoms with Gasteiger partial charge in [0.05, 0.1) is 36.2 Å². The molecule has 1 N–H and O–H groups in total. The lowest BCUT2D eigenvalue weighted by atomic mass is 9.95. The van der Waals surface area contributed by atoms with Crippen molar-refractivity contribution in [3.8, 4) is 28.4 Å². The van der Waals surface area contributed by atoms with E-state index in [0.29, 0.717) is 17.2 Å². The lowest BCUT2D eigenvalue weighted by Gasteiger charge is -2.19. The Bertz CT molecular complexity index is 1040. The summed E-state index contributed by atoms with van der Waals surface area (Å²) in [6, 6.07) is 8.17. The highest BCUT2D eigenvalue weighted by Crippen LogP contribution is 2.50.